The van der Waals surface area contributed by atoms with E-state index in [0.29, 0.717) is 17.5 Å². The van der Waals surface area contributed by atoms with Crippen LogP contribution in [0.5, 0.6) is 0 Å². The highest BCUT2D eigenvalue weighted by molar-refractivity contribution is 5.80. The smallest absolute Gasteiger partial charge is 0.273 e. The Balaban J connectivity index is 2.06. The highest BCUT2D eigenvalue weighted by atomic mass is 16.6. The number of nitro groups is 1. The van der Waals surface area contributed by atoms with Crippen molar-refractivity contribution in [2.24, 2.45) is 5.92 Å². The van der Waals surface area contributed by atoms with E-state index in [1.807, 2.05) is 4.90 Å². The monoisotopic (exact) mass is 290 g/mol. The van der Waals surface area contributed by atoms with Crippen LogP contribution in [0.3, 0.4) is 0 Å². The molecule has 0 heterocycles. The van der Waals surface area contributed by atoms with Gasteiger partial charge in [0.15, 0.2) is 0 Å². The first-order chi connectivity index (χ1) is 9.99. The van der Waals surface area contributed by atoms with Crippen LogP contribution in [-0.4, -0.2) is 28.3 Å². The zero-order valence-electron chi connectivity index (χ0n) is 12.6. The molecule has 0 bridgehead atoms. The van der Waals surface area contributed by atoms with Crippen molar-refractivity contribution in [2.45, 2.75) is 45.6 Å². The first kappa shape index (κ1) is 15.5. The maximum Gasteiger partial charge on any atom is 0.273 e. The van der Waals surface area contributed by atoms with Gasteiger partial charge in [0.1, 0.15) is 0 Å². The SMILES string of the molecule is CC(C)CCN(C(=O)Cc1ccccc1[N+](=O)[O-])C1CC1. The maximum absolute atomic E-state index is 12.5. The quantitative estimate of drug-likeness (QED) is 0.572. The molecule has 1 aliphatic carbocycles. The second-order valence-electron chi connectivity index (χ2n) is 6.06. The zero-order valence-corrected chi connectivity index (χ0v) is 12.6. The highest BCUT2D eigenvalue weighted by Gasteiger charge is 2.32. The molecule has 1 fully saturated rings. The predicted octanol–water partition coefficient (Wildman–Crippen LogP) is 3.17. The molecule has 1 aromatic carbocycles. The van der Waals surface area contributed by atoms with Crippen molar-refractivity contribution in [3.8, 4) is 0 Å². The lowest BCUT2D eigenvalue weighted by molar-refractivity contribution is -0.385. The molecule has 21 heavy (non-hydrogen) atoms. The maximum atomic E-state index is 12.5. The van der Waals surface area contributed by atoms with E-state index in [4.69, 9.17) is 0 Å². The molecule has 2 rings (SSSR count). The Morgan fingerprint density at radius 1 is 1.38 bits per heavy atom. The molecule has 1 amide bonds. The Morgan fingerprint density at radius 2 is 2.05 bits per heavy atom. The van der Waals surface area contributed by atoms with E-state index in [-0.39, 0.29) is 18.0 Å². The number of hydrogen-bond acceptors (Lipinski definition) is 3. The zero-order chi connectivity index (χ0) is 15.4. The largest absolute Gasteiger partial charge is 0.339 e. The number of carbonyl (C=O) groups excluding carboxylic acids is 1. The van der Waals surface area contributed by atoms with Crippen LogP contribution in [0.25, 0.3) is 0 Å². The number of benzene rings is 1. The fraction of sp³-hybridized carbons (Fsp3) is 0.562. The molecule has 0 radical (unpaired) electrons. The third kappa shape index (κ3) is 4.28. The molecule has 1 aromatic rings. The Hall–Kier alpha value is -1.91. The molecular weight excluding hydrogens is 268 g/mol. The first-order valence-corrected chi connectivity index (χ1v) is 7.50. The summed E-state index contributed by atoms with van der Waals surface area (Å²) in [6.45, 7) is 5.02. The molecule has 0 N–H and O–H groups in total. The van der Waals surface area contributed by atoms with E-state index < -0.39 is 4.92 Å². The molecule has 0 aromatic heterocycles. The van der Waals surface area contributed by atoms with Crippen molar-refractivity contribution in [1.29, 1.82) is 0 Å². The van der Waals surface area contributed by atoms with Gasteiger partial charge in [-0.05, 0) is 25.2 Å². The van der Waals surface area contributed by atoms with Gasteiger partial charge in [-0.15, -0.1) is 0 Å². The summed E-state index contributed by atoms with van der Waals surface area (Å²) in [6.07, 6.45) is 3.20. The Morgan fingerprint density at radius 3 is 2.62 bits per heavy atom. The van der Waals surface area contributed by atoms with Crippen LogP contribution in [0.1, 0.15) is 38.7 Å². The molecule has 1 saturated carbocycles. The number of para-hydroxylation sites is 1. The molecule has 0 saturated heterocycles. The number of nitro benzene ring substituents is 1. The molecule has 5 nitrogen and oxygen atoms in total. The second-order valence-corrected chi connectivity index (χ2v) is 6.06. The van der Waals surface area contributed by atoms with Gasteiger partial charge in [0.05, 0.1) is 11.3 Å². The third-order valence-corrected chi connectivity index (χ3v) is 3.79. The van der Waals surface area contributed by atoms with Crippen molar-refractivity contribution in [3.63, 3.8) is 0 Å². The van der Waals surface area contributed by atoms with E-state index in [2.05, 4.69) is 13.8 Å². The molecule has 5 heteroatoms. The average molecular weight is 290 g/mol. The van der Waals surface area contributed by atoms with Gasteiger partial charge in [0.2, 0.25) is 5.91 Å². The number of hydrogen-bond donors (Lipinski definition) is 0. The second kappa shape index (κ2) is 6.70. The number of nitrogens with zero attached hydrogens (tertiary/aromatic N) is 2. The summed E-state index contributed by atoms with van der Waals surface area (Å²) in [5.74, 6) is 0.553. The van der Waals surface area contributed by atoms with Crippen LogP contribution in [-0.2, 0) is 11.2 Å². The van der Waals surface area contributed by atoms with Crippen molar-refractivity contribution in [3.05, 3.63) is 39.9 Å². The predicted molar refractivity (Wildman–Crippen MR) is 81.0 cm³/mol. The Labute approximate surface area is 125 Å². The van der Waals surface area contributed by atoms with Crippen LogP contribution in [0, 0.1) is 16.0 Å². The minimum atomic E-state index is -0.418. The van der Waals surface area contributed by atoms with E-state index in [0.717, 1.165) is 25.8 Å². The fourth-order valence-electron chi connectivity index (χ4n) is 2.40. The minimum absolute atomic E-state index is 0.00690. The fourth-order valence-corrected chi connectivity index (χ4v) is 2.40. The van der Waals surface area contributed by atoms with E-state index in [1.54, 1.807) is 18.2 Å². The average Bonchev–Trinajstić information content (AvgIpc) is 3.23. The summed E-state index contributed by atoms with van der Waals surface area (Å²) >= 11 is 0. The normalized spacial score (nSPS) is 14.2. The van der Waals surface area contributed by atoms with Crippen molar-refractivity contribution >= 4 is 11.6 Å². The van der Waals surface area contributed by atoms with Crippen LogP contribution >= 0.6 is 0 Å². The number of rotatable bonds is 7. The molecule has 0 atom stereocenters. The van der Waals surface area contributed by atoms with E-state index in [1.165, 1.54) is 6.07 Å². The van der Waals surface area contributed by atoms with Gasteiger partial charge in [-0.25, -0.2) is 0 Å². The number of amides is 1. The van der Waals surface area contributed by atoms with Crippen molar-refractivity contribution in [1.82, 2.24) is 4.90 Å². The standard InChI is InChI=1S/C16H22N2O3/c1-12(2)9-10-17(14-7-8-14)16(19)11-13-5-3-4-6-15(13)18(20)21/h3-6,12,14H,7-11H2,1-2H3. The Kier molecular flexibility index (Phi) is 4.94. The summed E-state index contributed by atoms with van der Waals surface area (Å²) in [4.78, 5) is 25.0. The van der Waals surface area contributed by atoms with Gasteiger partial charge in [-0.1, -0.05) is 32.0 Å². The van der Waals surface area contributed by atoms with Gasteiger partial charge < -0.3 is 4.90 Å². The van der Waals surface area contributed by atoms with Crippen LogP contribution in [0.2, 0.25) is 0 Å². The molecule has 0 spiro atoms. The molecule has 1 aliphatic rings. The number of carbonyl (C=O) groups is 1. The highest BCUT2D eigenvalue weighted by Crippen LogP contribution is 2.29. The topological polar surface area (TPSA) is 63.5 Å². The molecular formula is C16H22N2O3. The van der Waals surface area contributed by atoms with Crippen LogP contribution in [0.4, 0.5) is 5.69 Å². The Bertz CT molecular complexity index is 524. The van der Waals surface area contributed by atoms with Gasteiger partial charge in [-0.2, -0.15) is 0 Å². The lowest BCUT2D eigenvalue weighted by atomic mass is 10.1. The molecule has 114 valence electrons. The van der Waals surface area contributed by atoms with Crippen LogP contribution in [0.15, 0.2) is 24.3 Å². The summed E-state index contributed by atoms with van der Waals surface area (Å²) in [7, 11) is 0. The van der Waals surface area contributed by atoms with Gasteiger partial charge in [0.25, 0.3) is 5.69 Å². The van der Waals surface area contributed by atoms with Gasteiger partial charge in [0, 0.05) is 24.2 Å². The summed E-state index contributed by atoms with van der Waals surface area (Å²) < 4.78 is 0. The lowest BCUT2D eigenvalue weighted by Crippen LogP contribution is -2.35. The van der Waals surface area contributed by atoms with E-state index in [9.17, 15) is 14.9 Å². The third-order valence-electron chi connectivity index (χ3n) is 3.79. The first-order valence-electron chi connectivity index (χ1n) is 7.50. The summed E-state index contributed by atoms with van der Waals surface area (Å²) in [5.41, 5.74) is 0.535. The van der Waals surface area contributed by atoms with Crippen molar-refractivity contribution < 1.29 is 9.72 Å². The minimum Gasteiger partial charge on any atom is -0.339 e. The van der Waals surface area contributed by atoms with Crippen molar-refractivity contribution in [2.75, 3.05) is 6.54 Å². The molecule has 0 aliphatic heterocycles. The summed E-state index contributed by atoms with van der Waals surface area (Å²) in [5, 5.41) is 11.0. The van der Waals surface area contributed by atoms with E-state index >= 15 is 0 Å². The lowest BCUT2D eigenvalue weighted by Gasteiger charge is -2.23. The summed E-state index contributed by atoms with van der Waals surface area (Å²) in [6, 6.07) is 6.84. The van der Waals surface area contributed by atoms with Gasteiger partial charge >= 0.3 is 0 Å². The van der Waals surface area contributed by atoms with Crippen LogP contribution < -0.4 is 0 Å². The molecule has 0 unspecified atom stereocenters. The van der Waals surface area contributed by atoms with Gasteiger partial charge in [-0.3, -0.25) is 14.9 Å².